The van der Waals surface area contributed by atoms with Crippen molar-refractivity contribution in [2.24, 2.45) is 0 Å². The molecule has 1 atom stereocenters. The fourth-order valence-electron chi connectivity index (χ4n) is 1.99. The van der Waals surface area contributed by atoms with E-state index in [4.69, 9.17) is 16.3 Å². The molecule has 0 radical (unpaired) electrons. The highest BCUT2D eigenvalue weighted by Crippen LogP contribution is 2.16. The van der Waals surface area contributed by atoms with Crippen molar-refractivity contribution >= 4 is 17.5 Å². The van der Waals surface area contributed by atoms with Crippen molar-refractivity contribution in [1.82, 2.24) is 5.32 Å². The van der Waals surface area contributed by atoms with Crippen molar-refractivity contribution in [3.63, 3.8) is 0 Å². The van der Waals surface area contributed by atoms with E-state index in [1.807, 2.05) is 0 Å². The highest BCUT2D eigenvalue weighted by molar-refractivity contribution is 6.30. The smallest absolute Gasteiger partial charge is 0.254 e. The number of benzene rings is 1. The van der Waals surface area contributed by atoms with Gasteiger partial charge in [-0.25, -0.2) is 4.39 Å². The summed E-state index contributed by atoms with van der Waals surface area (Å²) in [5, 5.41) is 3.02. The van der Waals surface area contributed by atoms with E-state index in [9.17, 15) is 9.18 Å². The van der Waals surface area contributed by atoms with Gasteiger partial charge in [-0.2, -0.15) is 0 Å². The van der Waals surface area contributed by atoms with Gasteiger partial charge in [-0.3, -0.25) is 4.79 Å². The quantitative estimate of drug-likeness (QED) is 0.914. The number of hydrogen-bond donors (Lipinski definition) is 1. The third kappa shape index (κ3) is 3.43. The Labute approximate surface area is 110 Å². The third-order valence-corrected chi connectivity index (χ3v) is 3.18. The zero-order chi connectivity index (χ0) is 13.0. The molecule has 1 heterocycles. The summed E-state index contributed by atoms with van der Waals surface area (Å²) in [5.74, 6) is -0.998. The molecule has 1 N–H and O–H groups in total. The van der Waals surface area contributed by atoms with E-state index in [1.165, 1.54) is 18.2 Å². The molecule has 0 bridgehead atoms. The third-order valence-electron chi connectivity index (χ3n) is 2.95. The second-order valence-electron chi connectivity index (χ2n) is 4.30. The number of halogens is 2. The molecule has 1 aromatic rings. The zero-order valence-corrected chi connectivity index (χ0v) is 10.7. The van der Waals surface area contributed by atoms with Gasteiger partial charge in [0, 0.05) is 18.2 Å². The first-order valence-electron chi connectivity index (χ1n) is 6.01. The maximum atomic E-state index is 13.4. The summed E-state index contributed by atoms with van der Waals surface area (Å²) in [4.78, 5) is 11.7. The van der Waals surface area contributed by atoms with Crippen LogP contribution in [-0.4, -0.2) is 25.2 Å². The number of carbonyl (C=O) groups excluding carboxylic acids is 1. The average molecular weight is 272 g/mol. The van der Waals surface area contributed by atoms with Crippen molar-refractivity contribution in [3.8, 4) is 0 Å². The molecule has 1 fully saturated rings. The highest BCUT2D eigenvalue weighted by atomic mass is 35.5. The minimum absolute atomic E-state index is 0.0187. The van der Waals surface area contributed by atoms with Crippen LogP contribution in [-0.2, 0) is 4.74 Å². The molecular formula is C13H15ClFNO2. The van der Waals surface area contributed by atoms with Gasteiger partial charge in [-0.1, -0.05) is 11.6 Å². The van der Waals surface area contributed by atoms with Gasteiger partial charge in [0.15, 0.2) is 0 Å². The summed E-state index contributed by atoms with van der Waals surface area (Å²) >= 11 is 5.73. The second-order valence-corrected chi connectivity index (χ2v) is 4.74. The van der Waals surface area contributed by atoms with Crippen molar-refractivity contribution in [2.75, 3.05) is 13.2 Å². The lowest BCUT2D eigenvalue weighted by molar-refractivity contribution is 0.0904. The Balaban J connectivity index is 1.85. The van der Waals surface area contributed by atoms with E-state index in [0.29, 0.717) is 11.6 Å². The number of ether oxygens (including phenoxy) is 1. The van der Waals surface area contributed by atoms with Gasteiger partial charge in [0.25, 0.3) is 5.91 Å². The molecule has 1 aliphatic heterocycles. The van der Waals surface area contributed by atoms with E-state index >= 15 is 0 Å². The summed E-state index contributed by atoms with van der Waals surface area (Å²) in [6.45, 7) is 1.27. The standard InChI is InChI=1S/C13H15ClFNO2/c14-9-3-4-12(15)11(8-9)13(17)16-6-5-10-2-1-7-18-10/h3-4,8,10H,1-2,5-7H2,(H,16,17). The number of carbonyl (C=O) groups is 1. The van der Waals surface area contributed by atoms with Crippen molar-refractivity contribution < 1.29 is 13.9 Å². The van der Waals surface area contributed by atoms with Gasteiger partial charge in [0.2, 0.25) is 0 Å². The normalized spacial score (nSPS) is 18.9. The predicted octanol–water partition coefficient (Wildman–Crippen LogP) is 2.78. The van der Waals surface area contributed by atoms with Crippen LogP contribution in [0.15, 0.2) is 18.2 Å². The molecule has 0 saturated carbocycles. The summed E-state index contributed by atoms with van der Waals surface area (Å²) in [5.41, 5.74) is -0.0187. The van der Waals surface area contributed by atoms with Crippen LogP contribution in [0, 0.1) is 5.82 Å². The first-order valence-corrected chi connectivity index (χ1v) is 6.39. The van der Waals surface area contributed by atoms with Crippen molar-refractivity contribution in [3.05, 3.63) is 34.6 Å². The summed E-state index contributed by atoms with van der Waals surface area (Å²) in [6.07, 6.45) is 3.08. The molecule has 2 rings (SSSR count). The van der Waals surface area contributed by atoms with E-state index in [-0.39, 0.29) is 11.7 Å². The van der Waals surface area contributed by atoms with Crippen molar-refractivity contribution in [2.45, 2.75) is 25.4 Å². The summed E-state index contributed by atoms with van der Waals surface area (Å²) < 4.78 is 18.8. The Morgan fingerprint density at radius 3 is 3.11 bits per heavy atom. The fourth-order valence-corrected chi connectivity index (χ4v) is 2.16. The molecule has 1 amide bonds. The van der Waals surface area contributed by atoms with Crippen molar-refractivity contribution in [1.29, 1.82) is 0 Å². The highest BCUT2D eigenvalue weighted by Gasteiger charge is 2.16. The summed E-state index contributed by atoms with van der Waals surface area (Å²) in [6, 6.07) is 3.94. The first-order chi connectivity index (χ1) is 8.66. The molecule has 1 aromatic carbocycles. The lowest BCUT2D eigenvalue weighted by atomic mass is 10.1. The average Bonchev–Trinajstić information content (AvgIpc) is 2.85. The molecule has 0 spiro atoms. The maximum absolute atomic E-state index is 13.4. The zero-order valence-electron chi connectivity index (χ0n) is 9.92. The molecule has 5 heteroatoms. The monoisotopic (exact) mass is 271 g/mol. The Morgan fingerprint density at radius 2 is 2.39 bits per heavy atom. The van der Waals surface area contributed by atoms with Gasteiger partial charge >= 0.3 is 0 Å². The lowest BCUT2D eigenvalue weighted by Gasteiger charge is -2.10. The summed E-state index contributed by atoms with van der Waals surface area (Å²) in [7, 11) is 0. The van der Waals surface area contributed by atoms with Gasteiger partial charge in [0.05, 0.1) is 11.7 Å². The molecule has 0 aromatic heterocycles. The molecule has 1 saturated heterocycles. The maximum Gasteiger partial charge on any atom is 0.254 e. The van der Waals surface area contributed by atoms with Crippen LogP contribution in [0.5, 0.6) is 0 Å². The fraction of sp³-hybridized carbons (Fsp3) is 0.462. The SMILES string of the molecule is O=C(NCCC1CCCO1)c1cc(Cl)ccc1F. The van der Waals surface area contributed by atoms with E-state index in [2.05, 4.69) is 5.32 Å². The van der Waals surface area contributed by atoms with Crippen LogP contribution < -0.4 is 5.32 Å². The Morgan fingerprint density at radius 1 is 1.56 bits per heavy atom. The van der Waals surface area contributed by atoms with E-state index in [0.717, 1.165) is 25.9 Å². The topological polar surface area (TPSA) is 38.3 Å². The lowest BCUT2D eigenvalue weighted by Crippen LogP contribution is -2.27. The Kier molecular flexibility index (Phi) is 4.55. The molecule has 1 aliphatic rings. The van der Waals surface area contributed by atoms with Gasteiger partial charge in [0.1, 0.15) is 5.82 Å². The molecular weight excluding hydrogens is 257 g/mol. The van der Waals surface area contributed by atoms with Crippen LogP contribution in [0.25, 0.3) is 0 Å². The van der Waals surface area contributed by atoms with E-state index < -0.39 is 11.7 Å². The first kappa shape index (κ1) is 13.3. The van der Waals surface area contributed by atoms with Crippen LogP contribution in [0.4, 0.5) is 4.39 Å². The number of nitrogens with one attached hydrogen (secondary N) is 1. The van der Waals surface area contributed by atoms with Gasteiger partial charge in [-0.15, -0.1) is 0 Å². The Hall–Kier alpha value is -1.13. The van der Waals surface area contributed by atoms with Crippen LogP contribution in [0.2, 0.25) is 5.02 Å². The van der Waals surface area contributed by atoms with Gasteiger partial charge in [-0.05, 0) is 37.5 Å². The van der Waals surface area contributed by atoms with E-state index in [1.54, 1.807) is 0 Å². The minimum atomic E-state index is -0.561. The van der Waals surface area contributed by atoms with Crippen LogP contribution in [0.1, 0.15) is 29.6 Å². The molecule has 98 valence electrons. The Bertz CT molecular complexity index is 433. The number of amides is 1. The minimum Gasteiger partial charge on any atom is -0.378 e. The van der Waals surface area contributed by atoms with Crippen LogP contribution >= 0.6 is 11.6 Å². The largest absolute Gasteiger partial charge is 0.378 e. The molecule has 18 heavy (non-hydrogen) atoms. The molecule has 0 aliphatic carbocycles. The molecule has 3 nitrogen and oxygen atoms in total. The predicted molar refractivity (Wildman–Crippen MR) is 67.3 cm³/mol. The molecule has 1 unspecified atom stereocenters. The number of rotatable bonds is 4. The van der Waals surface area contributed by atoms with Gasteiger partial charge < -0.3 is 10.1 Å². The number of hydrogen-bond acceptors (Lipinski definition) is 2. The van der Waals surface area contributed by atoms with Crippen LogP contribution in [0.3, 0.4) is 0 Å². The second kappa shape index (κ2) is 6.16.